The fourth-order valence-corrected chi connectivity index (χ4v) is 3.08. The molecule has 0 unspecified atom stereocenters. The lowest BCUT2D eigenvalue weighted by Crippen LogP contribution is -2.40. The van der Waals surface area contributed by atoms with Crippen LogP contribution in [0.25, 0.3) is 10.9 Å². The number of aromatic amines is 1. The van der Waals surface area contributed by atoms with Crippen LogP contribution in [0.1, 0.15) is 26.5 Å². The number of benzene rings is 1. The van der Waals surface area contributed by atoms with E-state index >= 15 is 0 Å². The normalized spacial score (nSPS) is 12.8. The van der Waals surface area contributed by atoms with Crippen LogP contribution in [0.3, 0.4) is 0 Å². The molecule has 1 aromatic carbocycles. The molecule has 0 aliphatic heterocycles. The Hall–Kier alpha value is -1.37. The predicted molar refractivity (Wildman–Crippen MR) is 91.9 cm³/mol. The number of nitro groups is 1. The van der Waals surface area contributed by atoms with Gasteiger partial charge in [-0.2, -0.15) is 0 Å². The second-order valence-corrected chi connectivity index (χ2v) is 12.1. The van der Waals surface area contributed by atoms with Gasteiger partial charge >= 0.3 is 0 Å². The van der Waals surface area contributed by atoms with E-state index < -0.39 is 13.2 Å². The van der Waals surface area contributed by atoms with Gasteiger partial charge in [0.25, 0.3) is 5.69 Å². The molecule has 5 nitrogen and oxygen atoms in total. The molecule has 0 atom stereocenters. The van der Waals surface area contributed by atoms with E-state index in [9.17, 15) is 10.1 Å². The van der Waals surface area contributed by atoms with Crippen molar-refractivity contribution in [1.29, 1.82) is 0 Å². The van der Waals surface area contributed by atoms with Gasteiger partial charge in [0.1, 0.15) is 0 Å². The maximum Gasteiger partial charge on any atom is 0.270 e. The number of non-ortho nitro benzene ring substituents is 1. The molecule has 0 aliphatic rings. The molecule has 120 valence electrons. The van der Waals surface area contributed by atoms with Crippen molar-refractivity contribution >= 4 is 36.5 Å². The molecule has 1 aromatic heterocycles. The van der Waals surface area contributed by atoms with E-state index in [2.05, 4.69) is 38.8 Å². The summed E-state index contributed by atoms with van der Waals surface area (Å²) in [5, 5.41) is 12.1. The average Bonchev–Trinajstić information content (AvgIpc) is 2.71. The Morgan fingerprint density at radius 3 is 2.55 bits per heavy atom. The summed E-state index contributed by atoms with van der Waals surface area (Å²) in [4.78, 5) is 13.6. The summed E-state index contributed by atoms with van der Waals surface area (Å²) < 4.78 is 6.16. The Balaban J connectivity index is 2.30. The maximum atomic E-state index is 10.9. The predicted octanol–water partition coefficient (Wildman–Crippen LogP) is 5.25. The molecule has 0 aliphatic carbocycles. The lowest BCUT2D eigenvalue weighted by Gasteiger charge is -2.36. The molecular weight excluding hydrogens is 320 g/mol. The Kier molecular flexibility index (Phi) is 4.39. The topological polar surface area (TPSA) is 68.2 Å². The van der Waals surface area contributed by atoms with Crippen molar-refractivity contribution in [3.05, 3.63) is 39.0 Å². The summed E-state index contributed by atoms with van der Waals surface area (Å²) in [5.74, 6) is 0. The fourth-order valence-electron chi connectivity index (χ4n) is 1.88. The van der Waals surface area contributed by atoms with Gasteiger partial charge in [-0.1, -0.05) is 32.4 Å². The standard InChI is InChI=1S/C15H21ClN2O3Si/c1-15(2,3)22(4,5)21-9-13-14(16)11-8-10(18(19)20)6-7-12(11)17-13/h6-8,17H,9H2,1-5H3. The number of nitrogens with zero attached hydrogens (tertiary/aromatic N) is 1. The zero-order valence-corrected chi connectivity index (χ0v) is 15.2. The summed E-state index contributed by atoms with van der Waals surface area (Å²) in [6, 6.07) is 4.63. The Morgan fingerprint density at radius 1 is 1.36 bits per heavy atom. The molecule has 1 N–H and O–H groups in total. The first-order chi connectivity index (χ1) is 10.0. The van der Waals surface area contributed by atoms with Crippen molar-refractivity contribution in [3.63, 3.8) is 0 Å². The van der Waals surface area contributed by atoms with E-state index in [1.807, 2.05) is 0 Å². The SMILES string of the molecule is CC(C)(C)[Si](C)(C)OCc1[nH]c2ccc([N+](=O)[O-])cc2c1Cl. The van der Waals surface area contributed by atoms with Crippen molar-refractivity contribution in [2.24, 2.45) is 0 Å². The minimum absolute atomic E-state index is 0.0327. The van der Waals surface area contributed by atoms with Gasteiger partial charge in [0, 0.05) is 23.0 Å². The van der Waals surface area contributed by atoms with Crippen molar-refractivity contribution in [2.45, 2.75) is 45.5 Å². The highest BCUT2D eigenvalue weighted by Crippen LogP contribution is 2.38. The molecule has 0 bridgehead atoms. The van der Waals surface area contributed by atoms with Gasteiger partial charge in [0.15, 0.2) is 8.32 Å². The minimum Gasteiger partial charge on any atom is -0.411 e. The molecule has 2 rings (SSSR count). The average molecular weight is 341 g/mol. The van der Waals surface area contributed by atoms with Crippen molar-refractivity contribution in [2.75, 3.05) is 0 Å². The van der Waals surface area contributed by atoms with Gasteiger partial charge in [-0.25, -0.2) is 0 Å². The van der Waals surface area contributed by atoms with Crippen molar-refractivity contribution in [3.8, 4) is 0 Å². The number of hydrogen-bond acceptors (Lipinski definition) is 3. The van der Waals surface area contributed by atoms with E-state index in [0.29, 0.717) is 17.0 Å². The van der Waals surface area contributed by atoms with Crippen molar-refractivity contribution in [1.82, 2.24) is 4.98 Å². The van der Waals surface area contributed by atoms with E-state index in [1.54, 1.807) is 6.07 Å². The minimum atomic E-state index is -1.88. The fraction of sp³-hybridized carbons (Fsp3) is 0.467. The zero-order chi connectivity index (χ0) is 16.7. The first-order valence-corrected chi connectivity index (χ1v) is 10.4. The molecule has 2 aromatic rings. The number of nitrogens with one attached hydrogen (secondary N) is 1. The number of aromatic nitrogens is 1. The molecule has 0 fully saturated rings. The number of rotatable bonds is 4. The molecular formula is C15H21ClN2O3Si. The van der Waals surface area contributed by atoms with Gasteiger partial charge in [0.05, 0.1) is 22.2 Å². The van der Waals surface area contributed by atoms with Crippen LogP contribution in [0.5, 0.6) is 0 Å². The van der Waals surface area contributed by atoms with Crippen LogP contribution >= 0.6 is 11.6 Å². The second-order valence-electron chi connectivity index (χ2n) is 6.95. The monoisotopic (exact) mass is 340 g/mol. The summed E-state index contributed by atoms with van der Waals surface area (Å²) in [6.07, 6.45) is 0. The summed E-state index contributed by atoms with van der Waals surface area (Å²) in [7, 11) is -1.88. The highest BCUT2D eigenvalue weighted by atomic mass is 35.5. The third-order valence-electron chi connectivity index (χ3n) is 4.38. The lowest BCUT2D eigenvalue weighted by atomic mass is 10.2. The van der Waals surface area contributed by atoms with Gasteiger partial charge in [-0.05, 0) is 24.2 Å². The Bertz CT molecular complexity index is 719. The van der Waals surface area contributed by atoms with Crippen LogP contribution < -0.4 is 0 Å². The van der Waals surface area contributed by atoms with Gasteiger partial charge < -0.3 is 9.41 Å². The first kappa shape index (κ1) is 17.0. The van der Waals surface area contributed by atoms with Crippen LogP contribution in [-0.2, 0) is 11.0 Å². The smallest absolute Gasteiger partial charge is 0.270 e. The van der Waals surface area contributed by atoms with Gasteiger partial charge in [-0.3, -0.25) is 10.1 Å². The number of hydrogen-bond donors (Lipinski definition) is 1. The van der Waals surface area contributed by atoms with E-state index in [1.165, 1.54) is 12.1 Å². The molecule has 22 heavy (non-hydrogen) atoms. The van der Waals surface area contributed by atoms with Crippen LogP contribution in [0, 0.1) is 10.1 Å². The molecule has 0 saturated carbocycles. The lowest BCUT2D eigenvalue weighted by molar-refractivity contribution is -0.384. The van der Waals surface area contributed by atoms with Crippen LogP contribution in [0.2, 0.25) is 23.2 Å². The number of nitro benzene ring substituents is 1. The van der Waals surface area contributed by atoms with E-state index in [4.69, 9.17) is 16.0 Å². The molecule has 0 saturated heterocycles. The highest BCUT2D eigenvalue weighted by Gasteiger charge is 2.37. The second kappa shape index (κ2) is 5.68. The largest absolute Gasteiger partial charge is 0.411 e. The maximum absolute atomic E-state index is 10.9. The van der Waals surface area contributed by atoms with Gasteiger partial charge in [-0.15, -0.1) is 0 Å². The summed E-state index contributed by atoms with van der Waals surface area (Å²) in [5.41, 5.74) is 1.58. The van der Waals surface area contributed by atoms with E-state index in [-0.39, 0.29) is 10.7 Å². The van der Waals surface area contributed by atoms with E-state index in [0.717, 1.165) is 11.2 Å². The number of fused-ring (bicyclic) bond motifs is 1. The molecule has 0 spiro atoms. The van der Waals surface area contributed by atoms with Gasteiger partial charge in [0.2, 0.25) is 0 Å². The van der Waals surface area contributed by atoms with Crippen LogP contribution in [-0.4, -0.2) is 18.2 Å². The quantitative estimate of drug-likeness (QED) is 0.469. The molecule has 7 heteroatoms. The third kappa shape index (κ3) is 3.19. The first-order valence-electron chi connectivity index (χ1n) is 7.11. The summed E-state index contributed by atoms with van der Waals surface area (Å²) >= 11 is 6.36. The van der Waals surface area contributed by atoms with Crippen LogP contribution in [0.4, 0.5) is 5.69 Å². The zero-order valence-electron chi connectivity index (χ0n) is 13.5. The number of H-pyrrole nitrogens is 1. The Morgan fingerprint density at radius 2 is 2.00 bits per heavy atom. The van der Waals surface area contributed by atoms with Crippen LogP contribution in [0.15, 0.2) is 18.2 Å². The highest BCUT2D eigenvalue weighted by molar-refractivity contribution is 6.74. The molecule has 0 radical (unpaired) electrons. The third-order valence-corrected chi connectivity index (χ3v) is 9.29. The van der Waals surface area contributed by atoms with Crippen molar-refractivity contribution < 1.29 is 9.35 Å². The molecule has 1 heterocycles. The number of halogens is 1. The molecule has 0 amide bonds. The Labute approximate surface area is 135 Å². The summed E-state index contributed by atoms with van der Waals surface area (Å²) in [6.45, 7) is 11.3.